The van der Waals surface area contributed by atoms with Crippen LogP contribution in [0.4, 0.5) is 5.82 Å². The largest absolute Gasteiger partial charge is 0.476 e. The Labute approximate surface area is 110 Å². The molecule has 2 N–H and O–H groups in total. The quantitative estimate of drug-likeness (QED) is 0.860. The van der Waals surface area contributed by atoms with Gasteiger partial charge in [-0.25, -0.2) is 9.78 Å². The third-order valence-corrected chi connectivity index (χ3v) is 3.20. The Morgan fingerprint density at radius 2 is 2.33 bits per heavy atom. The van der Waals surface area contributed by atoms with E-state index in [-0.39, 0.29) is 16.8 Å². The predicted molar refractivity (Wildman–Crippen MR) is 68.3 cm³/mol. The zero-order valence-corrected chi connectivity index (χ0v) is 10.8. The fourth-order valence-electron chi connectivity index (χ4n) is 1.94. The molecular formula is C12H15ClN2O3. The number of nitrogens with one attached hydrogen (secondary N) is 1. The third kappa shape index (κ3) is 2.91. The first-order valence-corrected chi connectivity index (χ1v) is 6.26. The van der Waals surface area contributed by atoms with Crippen molar-refractivity contribution in [3.8, 4) is 0 Å². The van der Waals surface area contributed by atoms with Crippen LogP contribution in [-0.4, -0.2) is 34.8 Å². The van der Waals surface area contributed by atoms with Crippen molar-refractivity contribution >= 4 is 23.4 Å². The lowest BCUT2D eigenvalue weighted by atomic mass is 9.89. The molecule has 1 aliphatic rings. The van der Waals surface area contributed by atoms with E-state index in [9.17, 15) is 4.79 Å². The number of hydrogen-bond acceptors (Lipinski definition) is 4. The number of carboxylic acid groups (broad SMARTS) is 1. The monoisotopic (exact) mass is 270 g/mol. The molecule has 0 saturated heterocycles. The molecule has 0 amide bonds. The molecule has 0 aromatic carbocycles. The molecule has 6 heteroatoms. The van der Waals surface area contributed by atoms with Gasteiger partial charge >= 0.3 is 5.97 Å². The zero-order valence-electron chi connectivity index (χ0n) is 10.0. The highest BCUT2D eigenvalue weighted by Crippen LogP contribution is 2.27. The number of hydrogen-bond donors (Lipinski definition) is 2. The van der Waals surface area contributed by atoms with Gasteiger partial charge in [0.15, 0.2) is 5.69 Å². The molecule has 1 fully saturated rings. The molecule has 18 heavy (non-hydrogen) atoms. The second kappa shape index (κ2) is 5.54. The highest BCUT2D eigenvalue weighted by Gasteiger charge is 2.29. The normalized spacial score (nSPS) is 22.3. The van der Waals surface area contributed by atoms with Crippen LogP contribution in [0.15, 0.2) is 12.1 Å². The van der Waals surface area contributed by atoms with Crippen LogP contribution in [0.3, 0.4) is 0 Å². The van der Waals surface area contributed by atoms with Crippen molar-refractivity contribution in [1.82, 2.24) is 4.98 Å². The van der Waals surface area contributed by atoms with Crippen LogP contribution in [-0.2, 0) is 4.74 Å². The van der Waals surface area contributed by atoms with Crippen LogP contribution >= 0.6 is 11.6 Å². The van der Waals surface area contributed by atoms with E-state index in [1.165, 1.54) is 0 Å². The Hall–Kier alpha value is -1.33. The molecule has 0 bridgehead atoms. The van der Waals surface area contributed by atoms with E-state index in [1.807, 2.05) is 6.92 Å². The Morgan fingerprint density at radius 3 is 2.94 bits per heavy atom. The van der Waals surface area contributed by atoms with Gasteiger partial charge in [-0.05, 0) is 31.9 Å². The summed E-state index contributed by atoms with van der Waals surface area (Å²) in [6, 6.07) is 3.51. The second-order valence-electron chi connectivity index (χ2n) is 4.22. The van der Waals surface area contributed by atoms with Gasteiger partial charge in [-0.1, -0.05) is 11.6 Å². The molecule has 2 rings (SSSR count). The highest BCUT2D eigenvalue weighted by atomic mass is 35.5. The van der Waals surface area contributed by atoms with Crippen LogP contribution in [0.1, 0.15) is 30.3 Å². The fourth-order valence-corrected chi connectivity index (χ4v) is 2.12. The maximum Gasteiger partial charge on any atom is 0.356 e. The molecule has 1 saturated carbocycles. The smallest absolute Gasteiger partial charge is 0.356 e. The van der Waals surface area contributed by atoms with Crippen LogP contribution in [0.2, 0.25) is 5.02 Å². The van der Waals surface area contributed by atoms with Crippen molar-refractivity contribution in [3.05, 3.63) is 22.8 Å². The Kier molecular flexibility index (Phi) is 4.04. The van der Waals surface area contributed by atoms with E-state index >= 15 is 0 Å². The summed E-state index contributed by atoms with van der Waals surface area (Å²) in [6.07, 6.45) is 2.14. The van der Waals surface area contributed by atoms with E-state index in [4.69, 9.17) is 21.4 Å². The molecule has 0 aliphatic heterocycles. The molecular weight excluding hydrogens is 256 g/mol. The average molecular weight is 271 g/mol. The number of rotatable bonds is 5. The lowest BCUT2D eigenvalue weighted by Gasteiger charge is -2.35. The van der Waals surface area contributed by atoms with Crippen LogP contribution < -0.4 is 5.32 Å². The zero-order chi connectivity index (χ0) is 13.1. The number of nitrogens with zero attached hydrogens (tertiary/aromatic N) is 1. The third-order valence-electron chi connectivity index (χ3n) is 2.90. The SMILES string of the molecule is CCOC1CC(Nc2ccc(Cl)c(C(=O)O)n2)C1. The van der Waals surface area contributed by atoms with Gasteiger partial charge in [-0.2, -0.15) is 0 Å². The number of aromatic carboxylic acids is 1. The summed E-state index contributed by atoms with van der Waals surface area (Å²) in [6.45, 7) is 2.69. The fraction of sp³-hybridized carbons (Fsp3) is 0.500. The summed E-state index contributed by atoms with van der Waals surface area (Å²) in [4.78, 5) is 14.9. The number of anilines is 1. The number of carboxylic acids is 1. The van der Waals surface area contributed by atoms with Crippen LogP contribution in [0, 0.1) is 0 Å². The van der Waals surface area contributed by atoms with Gasteiger partial charge in [0.1, 0.15) is 5.82 Å². The maximum absolute atomic E-state index is 10.9. The van der Waals surface area contributed by atoms with Crippen molar-refractivity contribution in [2.24, 2.45) is 0 Å². The minimum Gasteiger partial charge on any atom is -0.476 e. The van der Waals surface area contributed by atoms with Gasteiger partial charge in [0, 0.05) is 12.6 Å². The minimum absolute atomic E-state index is 0.123. The van der Waals surface area contributed by atoms with Crippen molar-refractivity contribution in [1.29, 1.82) is 0 Å². The molecule has 98 valence electrons. The van der Waals surface area contributed by atoms with Crippen LogP contribution in [0.5, 0.6) is 0 Å². The second-order valence-corrected chi connectivity index (χ2v) is 4.63. The molecule has 0 spiro atoms. The van der Waals surface area contributed by atoms with E-state index < -0.39 is 5.97 Å². The van der Waals surface area contributed by atoms with Crippen molar-refractivity contribution < 1.29 is 14.6 Å². The average Bonchev–Trinajstić information content (AvgIpc) is 2.28. The molecule has 0 radical (unpaired) electrons. The van der Waals surface area contributed by atoms with Gasteiger partial charge in [0.25, 0.3) is 0 Å². The van der Waals surface area contributed by atoms with E-state index in [0.717, 1.165) is 19.4 Å². The lowest BCUT2D eigenvalue weighted by molar-refractivity contribution is 0.00291. The summed E-state index contributed by atoms with van der Waals surface area (Å²) < 4.78 is 5.45. The predicted octanol–water partition coefficient (Wildman–Crippen LogP) is 2.41. The van der Waals surface area contributed by atoms with Gasteiger partial charge < -0.3 is 15.2 Å². The molecule has 1 aliphatic carbocycles. The minimum atomic E-state index is -1.12. The molecule has 5 nitrogen and oxygen atoms in total. The Morgan fingerprint density at radius 1 is 1.61 bits per heavy atom. The molecule has 0 atom stereocenters. The summed E-state index contributed by atoms with van der Waals surface area (Å²) in [5.74, 6) is -0.582. The number of halogens is 1. The number of pyridine rings is 1. The topological polar surface area (TPSA) is 71.5 Å². The summed E-state index contributed by atoms with van der Waals surface area (Å²) >= 11 is 5.75. The summed E-state index contributed by atoms with van der Waals surface area (Å²) in [5, 5.41) is 12.2. The molecule has 0 unspecified atom stereocenters. The first-order valence-electron chi connectivity index (χ1n) is 5.88. The number of aromatic nitrogens is 1. The van der Waals surface area contributed by atoms with E-state index in [0.29, 0.717) is 11.9 Å². The standard InChI is InChI=1S/C12H15ClN2O3/c1-2-18-8-5-7(6-8)14-10-4-3-9(13)11(15-10)12(16)17/h3-4,7-8H,2,5-6H2,1H3,(H,14,15)(H,16,17). The molecule has 1 aromatic heterocycles. The van der Waals surface area contributed by atoms with E-state index in [2.05, 4.69) is 10.3 Å². The van der Waals surface area contributed by atoms with E-state index in [1.54, 1.807) is 12.1 Å². The maximum atomic E-state index is 10.9. The first-order chi connectivity index (χ1) is 8.60. The van der Waals surface area contributed by atoms with Gasteiger partial charge in [-0.3, -0.25) is 0 Å². The van der Waals surface area contributed by atoms with Crippen molar-refractivity contribution in [2.45, 2.75) is 31.9 Å². The Bertz CT molecular complexity index is 447. The van der Waals surface area contributed by atoms with Gasteiger partial charge in [0.2, 0.25) is 0 Å². The summed E-state index contributed by atoms with van der Waals surface area (Å²) in [7, 11) is 0. The van der Waals surface area contributed by atoms with Gasteiger partial charge in [-0.15, -0.1) is 0 Å². The highest BCUT2D eigenvalue weighted by molar-refractivity contribution is 6.33. The van der Waals surface area contributed by atoms with Gasteiger partial charge in [0.05, 0.1) is 11.1 Å². The van der Waals surface area contributed by atoms with Crippen molar-refractivity contribution in [2.75, 3.05) is 11.9 Å². The molecule has 1 aromatic rings. The first kappa shape index (κ1) is 13.1. The summed E-state index contributed by atoms with van der Waals surface area (Å²) in [5.41, 5.74) is -0.123. The molecule has 1 heterocycles. The number of ether oxygens (including phenoxy) is 1. The lowest BCUT2D eigenvalue weighted by Crippen LogP contribution is -2.41. The Balaban J connectivity index is 1.95. The van der Waals surface area contributed by atoms with Crippen molar-refractivity contribution in [3.63, 3.8) is 0 Å². The van der Waals surface area contributed by atoms with Crippen LogP contribution in [0.25, 0.3) is 0 Å². The number of carbonyl (C=O) groups is 1.